The third-order valence-corrected chi connectivity index (χ3v) is 3.22. The van der Waals surface area contributed by atoms with E-state index in [-0.39, 0.29) is 11.9 Å². The van der Waals surface area contributed by atoms with Gasteiger partial charge in [0, 0.05) is 0 Å². The minimum Gasteiger partial charge on any atom is -0.489 e. The fourth-order valence-electron chi connectivity index (χ4n) is 2.05. The largest absolute Gasteiger partial charge is 0.489 e. The number of hydrogen-bond acceptors (Lipinski definition) is 5. The van der Waals surface area contributed by atoms with Crippen LogP contribution in [-0.4, -0.2) is 25.2 Å². The van der Waals surface area contributed by atoms with E-state index in [1.165, 1.54) is 0 Å². The topological polar surface area (TPSA) is 61.8 Å². The van der Waals surface area contributed by atoms with Gasteiger partial charge in [-0.3, -0.25) is 0 Å². The highest BCUT2D eigenvalue weighted by molar-refractivity contribution is 5.90. The van der Waals surface area contributed by atoms with Gasteiger partial charge in [0.15, 0.2) is 0 Å². The molecule has 0 radical (unpaired) electrons. The van der Waals surface area contributed by atoms with Gasteiger partial charge >= 0.3 is 11.9 Å². The maximum atomic E-state index is 11.7. The van der Waals surface area contributed by atoms with Crippen molar-refractivity contribution >= 4 is 11.9 Å². The number of ether oxygens (including phenoxy) is 3. The molecule has 0 atom stereocenters. The van der Waals surface area contributed by atoms with Crippen molar-refractivity contribution in [1.29, 1.82) is 0 Å². The Labute approximate surface area is 141 Å². The minimum atomic E-state index is -0.373. The summed E-state index contributed by atoms with van der Waals surface area (Å²) >= 11 is 0. The van der Waals surface area contributed by atoms with Gasteiger partial charge in [-0.2, -0.15) is 0 Å². The van der Waals surface area contributed by atoms with Gasteiger partial charge in [0.1, 0.15) is 12.4 Å². The van der Waals surface area contributed by atoms with Crippen LogP contribution in [0.25, 0.3) is 0 Å². The Hall–Kier alpha value is -2.82. The SMILES string of the molecule is CCOC(=O)c1ccc(COc2cccc(C(=O)OCC)c2)cc1. The summed E-state index contributed by atoms with van der Waals surface area (Å²) in [5, 5.41) is 0. The molecule has 24 heavy (non-hydrogen) atoms. The number of carbonyl (C=O) groups excluding carboxylic acids is 2. The molecule has 0 fully saturated rings. The second-order valence-corrected chi connectivity index (χ2v) is 4.95. The summed E-state index contributed by atoms with van der Waals surface area (Å²) in [6, 6.07) is 13.9. The predicted octanol–water partition coefficient (Wildman–Crippen LogP) is 3.62. The molecule has 0 heterocycles. The Morgan fingerprint density at radius 2 is 1.46 bits per heavy atom. The zero-order chi connectivity index (χ0) is 17.4. The van der Waals surface area contributed by atoms with E-state index in [0.29, 0.717) is 36.7 Å². The molecule has 0 N–H and O–H groups in total. The van der Waals surface area contributed by atoms with Crippen LogP contribution in [0.2, 0.25) is 0 Å². The molecule has 0 aliphatic rings. The second kappa shape index (κ2) is 8.72. The number of esters is 2. The van der Waals surface area contributed by atoms with Crippen molar-refractivity contribution in [2.45, 2.75) is 20.5 Å². The van der Waals surface area contributed by atoms with Crippen molar-refractivity contribution in [2.75, 3.05) is 13.2 Å². The highest BCUT2D eigenvalue weighted by Crippen LogP contribution is 2.16. The smallest absolute Gasteiger partial charge is 0.338 e. The van der Waals surface area contributed by atoms with Gasteiger partial charge in [-0.25, -0.2) is 9.59 Å². The number of benzene rings is 2. The molecule has 5 nitrogen and oxygen atoms in total. The standard InChI is InChI=1S/C19H20O5/c1-3-22-18(20)15-10-8-14(9-11-15)13-24-17-7-5-6-16(12-17)19(21)23-4-2/h5-12H,3-4,13H2,1-2H3. The predicted molar refractivity (Wildman–Crippen MR) is 89.1 cm³/mol. The van der Waals surface area contributed by atoms with Crippen LogP contribution in [0.3, 0.4) is 0 Å². The Balaban J connectivity index is 1.97. The molecule has 0 bridgehead atoms. The summed E-state index contributed by atoms with van der Waals surface area (Å²) in [4.78, 5) is 23.3. The van der Waals surface area contributed by atoms with E-state index in [1.807, 2.05) is 0 Å². The van der Waals surface area contributed by atoms with Gasteiger partial charge < -0.3 is 14.2 Å². The molecule has 0 aromatic heterocycles. The number of rotatable bonds is 7. The van der Waals surface area contributed by atoms with Crippen molar-refractivity contribution < 1.29 is 23.8 Å². The van der Waals surface area contributed by atoms with E-state index >= 15 is 0 Å². The molecule has 126 valence electrons. The maximum absolute atomic E-state index is 11.7. The van der Waals surface area contributed by atoms with Gasteiger partial charge in [0.25, 0.3) is 0 Å². The lowest BCUT2D eigenvalue weighted by Gasteiger charge is -2.08. The molecule has 0 aliphatic heterocycles. The van der Waals surface area contributed by atoms with Crippen LogP contribution in [0, 0.1) is 0 Å². The van der Waals surface area contributed by atoms with Crippen LogP contribution < -0.4 is 4.74 Å². The molecule has 0 aliphatic carbocycles. The first-order chi connectivity index (χ1) is 11.6. The van der Waals surface area contributed by atoms with Crippen LogP contribution in [0.4, 0.5) is 0 Å². The number of carbonyl (C=O) groups is 2. The van der Waals surface area contributed by atoms with Gasteiger partial charge in [-0.1, -0.05) is 18.2 Å². The first-order valence-electron chi connectivity index (χ1n) is 7.80. The molecule has 0 unspecified atom stereocenters. The maximum Gasteiger partial charge on any atom is 0.338 e. The molecule has 0 spiro atoms. The average molecular weight is 328 g/mol. The van der Waals surface area contributed by atoms with Gasteiger partial charge in [-0.15, -0.1) is 0 Å². The van der Waals surface area contributed by atoms with Crippen LogP contribution in [0.15, 0.2) is 48.5 Å². The first-order valence-corrected chi connectivity index (χ1v) is 7.80. The highest BCUT2D eigenvalue weighted by Gasteiger charge is 2.08. The molecular weight excluding hydrogens is 308 g/mol. The van der Waals surface area contributed by atoms with Crippen molar-refractivity contribution in [1.82, 2.24) is 0 Å². The van der Waals surface area contributed by atoms with E-state index in [0.717, 1.165) is 5.56 Å². The zero-order valence-corrected chi connectivity index (χ0v) is 13.8. The van der Waals surface area contributed by atoms with E-state index in [1.54, 1.807) is 62.4 Å². The molecular formula is C19H20O5. The van der Waals surface area contributed by atoms with E-state index in [2.05, 4.69) is 0 Å². The summed E-state index contributed by atoms with van der Waals surface area (Å²) in [6.45, 7) is 4.54. The molecule has 0 saturated heterocycles. The summed E-state index contributed by atoms with van der Waals surface area (Å²) in [5.74, 6) is -0.135. The zero-order valence-electron chi connectivity index (χ0n) is 13.8. The minimum absolute atomic E-state index is 0.329. The van der Waals surface area contributed by atoms with Crippen LogP contribution in [-0.2, 0) is 16.1 Å². The van der Waals surface area contributed by atoms with E-state index in [4.69, 9.17) is 14.2 Å². The van der Waals surface area contributed by atoms with Gasteiger partial charge in [0.05, 0.1) is 24.3 Å². The highest BCUT2D eigenvalue weighted by atomic mass is 16.5. The van der Waals surface area contributed by atoms with Crippen molar-refractivity contribution in [2.24, 2.45) is 0 Å². The molecule has 5 heteroatoms. The summed E-state index contributed by atoms with van der Waals surface area (Å²) in [7, 11) is 0. The summed E-state index contributed by atoms with van der Waals surface area (Å²) in [6.07, 6.45) is 0. The molecule has 2 aromatic carbocycles. The Morgan fingerprint density at radius 1 is 0.833 bits per heavy atom. The molecule has 0 saturated carbocycles. The average Bonchev–Trinajstić information content (AvgIpc) is 2.61. The van der Waals surface area contributed by atoms with Crippen LogP contribution in [0.5, 0.6) is 5.75 Å². The Bertz CT molecular complexity index is 691. The lowest BCUT2D eigenvalue weighted by atomic mass is 10.1. The summed E-state index contributed by atoms with van der Waals surface area (Å²) in [5.41, 5.74) is 1.86. The van der Waals surface area contributed by atoms with Crippen LogP contribution in [0.1, 0.15) is 40.1 Å². The quantitative estimate of drug-likeness (QED) is 0.727. The molecule has 0 amide bonds. The van der Waals surface area contributed by atoms with Gasteiger partial charge in [0.2, 0.25) is 0 Å². The normalized spacial score (nSPS) is 10.1. The van der Waals surface area contributed by atoms with E-state index in [9.17, 15) is 9.59 Å². The third kappa shape index (κ3) is 4.84. The lowest BCUT2D eigenvalue weighted by molar-refractivity contribution is 0.0516. The van der Waals surface area contributed by atoms with Crippen molar-refractivity contribution in [3.8, 4) is 5.75 Å². The van der Waals surface area contributed by atoms with Crippen molar-refractivity contribution in [3.63, 3.8) is 0 Å². The van der Waals surface area contributed by atoms with Gasteiger partial charge in [-0.05, 0) is 49.7 Å². The second-order valence-electron chi connectivity index (χ2n) is 4.95. The molecule has 2 aromatic rings. The Morgan fingerprint density at radius 3 is 2.08 bits per heavy atom. The van der Waals surface area contributed by atoms with Crippen molar-refractivity contribution in [3.05, 3.63) is 65.2 Å². The first kappa shape index (κ1) is 17.5. The fraction of sp³-hybridized carbons (Fsp3) is 0.263. The van der Waals surface area contributed by atoms with Crippen LogP contribution >= 0.6 is 0 Å². The lowest BCUT2D eigenvalue weighted by Crippen LogP contribution is -2.05. The monoisotopic (exact) mass is 328 g/mol. The number of hydrogen-bond donors (Lipinski definition) is 0. The fourth-order valence-corrected chi connectivity index (χ4v) is 2.05. The van der Waals surface area contributed by atoms with E-state index < -0.39 is 0 Å². The molecule has 2 rings (SSSR count). The summed E-state index contributed by atoms with van der Waals surface area (Å²) < 4.78 is 15.6. The third-order valence-electron chi connectivity index (χ3n) is 3.22. The Kier molecular flexibility index (Phi) is 6.37.